The number of thiazole rings is 1. The lowest BCUT2D eigenvalue weighted by molar-refractivity contribution is -0.116. The Morgan fingerprint density at radius 2 is 1.95 bits per heavy atom. The maximum Gasteiger partial charge on any atom is 0.258 e. The summed E-state index contributed by atoms with van der Waals surface area (Å²) in [5.41, 5.74) is 0.443. The van der Waals surface area contributed by atoms with Gasteiger partial charge in [-0.25, -0.2) is 4.98 Å². The van der Waals surface area contributed by atoms with Crippen LogP contribution in [0.1, 0.15) is 29.6 Å². The van der Waals surface area contributed by atoms with Gasteiger partial charge in [0, 0.05) is 18.9 Å². The number of carbonyl (C=O) groups excluding carboxylic acids is 2. The maximum absolute atomic E-state index is 11.9. The molecule has 7 heteroatoms. The number of methoxy groups -OCH3 is 2. The van der Waals surface area contributed by atoms with Gasteiger partial charge < -0.3 is 14.3 Å². The Morgan fingerprint density at radius 1 is 1.20 bits per heavy atom. The van der Waals surface area contributed by atoms with Crippen LogP contribution in [0.5, 0.6) is 11.6 Å². The summed E-state index contributed by atoms with van der Waals surface area (Å²) in [6, 6.07) is 1.74. The Kier molecular flexibility index (Phi) is 4.29. The number of hydrogen-bond donors (Lipinski definition) is 0. The third kappa shape index (κ3) is 2.93. The lowest BCUT2D eigenvalue weighted by Gasteiger charge is -2.04. The molecule has 0 saturated carbocycles. The van der Waals surface area contributed by atoms with E-state index in [2.05, 4.69) is 9.97 Å². The van der Waals surface area contributed by atoms with Gasteiger partial charge in [-0.3, -0.25) is 4.79 Å². The average molecular weight is 294 g/mol. The molecule has 0 N–H and O–H groups in total. The van der Waals surface area contributed by atoms with Crippen molar-refractivity contribution in [2.24, 2.45) is 0 Å². The number of pyridine rings is 1. The van der Waals surface area contributed by atoms with E-state index in [0.29, 0.717) is 22.3 Å². The highest BCUT2D eigenvalue weighted by molar-refractivity contribution is 7.20. The van der Waals surface area contributed by atoms with E-state index >= 15 is 0 Å². The van der Waals surface area contributed by atoms with E-state index in [1.807, 2.05) is 0 Å². The van der Waals surface area contributed by atoms with E-state index < -0.39 is 0 Å². The summed E-state index contributed by atoms with van der Waals surface area (Å²) in [7, 11) is 3.01. The molecule has 0 unspecified atom stereocenters. The molecule has 0 fully saturated rings. The Labute approximate surface area is 119 Å². The second-order valence-corrected chi connectivity index (χ2v) is 5.20. The third-order valence-corrected chi connectivity index (χ3v) is 3.70. The van der Waals surface area contributed by atoms with Gasteiger partial charge in [-0.1, -0.05) is 0 Å². The largest absolute Gasteiger partial charge is 0.491 e. The predicted octanol–water partition coefficient (Wildman–Crippen LogP) is 2.26. The van der Waals surface area contributed by atoms with Gasteiger partial charge in [0.05, 0.1) is 18.9 Å². The van der Waals surface area contributed by atoms with Crippen molar-refractivity contribution >= 4 is 33.3 Å². The van der Waals surface area contributed by atoms with Crippen molar-refractivity contribution in [2.75, 3.05) is 14.2 Å². The zero-order chi connectivity index (χ0) is 14.7. The molecule has 6 nitrogen and oxygen atoms in total. The predicted molar refractivity (Wildman–Crippen MR) is 74.8 cm³/mol. The van der Waals surface area contributed by atoms with Crippen molar-refractivity contribution in [3.05, 3.63) is 11.1 Å². The summed E-state index contributed by atoms with van der Waals surface area (Å²) in [5.74, 6) is 0.654. The minimum absolute atomic E-state index is 0.0130. The first-order chi connectivity index (χ1) is 9.55. The minimum atomic E-state index is -0.152. The van der Waals surface area contributed by atoms with Gasteiger partial charge in [-0.2, -0.15) is 4.98 Å². The molecule has 0 atom stereocenters. The molecule has 2 heterocycles. The molecular formula is C13H14N2O4S. The first-order valence-electron chi connectivity index (χ1n) is 5.97. The molecule has 106 valence electrons. The molecular weight excluding hydrogens is 280 g/mol. The minimum Gasteiger partial charge on any atom is -0.491 e. The summed E-state index contributed by atoms with van der Waals surface area (Å²) in [4.78, 5) is 31.2. The van der Waals surface area contributed by atoms with E-state index in [4.69, 9.17) is 9.47 Å². The fourth-order valence-electron chi connectivity index (χ4n) is 1.64. The van der Waals surface area contributed by atoms with Gasteiger partial charge in [0.1, 0.15) is 5.78 Å². The zero-order valence-electron chi connectivity index (χ0n) is 11.4. The fraction of sp³-hybridized carbons (Fsp3) is 0.385. The van der Waals surface area contributed by atoms with Crippen LogP contribution in [0.4, 0.5) is 0 Å². The third-order valence-electron chi connectivity index (χ3n) is 2.67. The number of carbonyl (C=O) groups is 2. The normalized spacial score (nSPS) is 10.6. The highest BCUT2D eigenvalue weighted by Gasteiger charge is 2.16. The van der Waals surface area contributed by atoms with Crippen molar-refractivity contribution in [3.63, 3.8) is 0 Å². The van der Waals surface area contributed by atoms with Crippen LogP contribution < -0.4 is 9.47 Å². The summed E-state index contributed by atoms with van der Waals surface area (Å²) < 4.78 is 11.0. The highest BCUT2D eigenvalue weighted by atomic mass is 32.1. The van der Waals surface area contributed by atoms with Gasteiger partial charge in [0.15, 0.2) is 22.2 Å². The lowest BCUT2D eigenvalue weighted by Crippen LogP contribution is -2.01. The first-order valence-corrected chi connectivity index (χ1v) is 6.79. The molecule has 0 aromatic carbocycles. The lowest BCUT2D eigenvalue weighted by atomic mass is 10.2. The highest BCUT2D eigenvalue weighted by Crippen LogP contribution is 2.32. The molecule has 0 radical (unpaired) electrons. The molecule has 0 aliphatic heterocycles. The molecule has 0 spiro atoms. The van der Waals surface area contributed by atoms with E-state index in [1.54, 1.807) is 6.07 Å². The van der Waals surface area contributed by atoms with Crippen LogP contribution >= 0.6 is 11.3 Å². The van der Waals surface area contributed by atoms with Gasteiger partial charge in [-0.15, -0.1) is 11.3 Å². The second kappa shape index (κ2) is 5.96. The van der Waals surface area contributed by atoms with Crippen LogP contribution in [-0.2, 0) is 4.79 Å². The van der Waals surface area contributed by atoms with Crippen LogP contribution in [-0.4, -0.2) is 35.8 Å². The maximum atomic E-state index is 11.9. The molecule has 0 aliphatic carbocycles. The Morgan fingerprint density at radius 3 is 2.55 bits per heavy atom. The molecule has 0 bridgehead atoms. The monoisotopic (exact) mass is 294 g/mol. The summed E-state index contributed by atoms with van der Waals surface area (Å²) in [6.07, 6.45) is 0.401. The number of aromatic nitrogens is 2. The Bertz CT molecular complexity index is 625. The second-order valence-electron chi connectivity index (χ2n) is 4.17. The Balaban J connectivity index is 2.33. The summed E-state index contributed by atoms with van der Waals surface area (Å²) in [5, 5.41) is 0.351. The number of ether oxygens (including phenoxy) is 2. The summed E-state index contributed by atoms with van der Waals surface area (Å²) >= 11 is 1.24. The molecule has 0 amide bonds. The van der Waals surface area contributed by atoms with E-state index in [-0.39, 0.29) is 24.4 Å². The fourth-order valence-corrected chi connectivity index (χ4v) is 2.54. The zero-order valence-corrected chi connectivity index (χ0v) is 12.2. The van der Waals surface area contributed by atoms with Crippen LogP contribution in [0.3, 0.4) is 0 Å². The SMILES string of the molecule is COc1cc2sc(C(=O)CCC(C)=O)nc2nc1OC. The van der Waals surface area contributed by atoms with Crippen molar-refractivity contribution in [1.82, 2.24) is 9.97 Å². The first kappa shape index (κ1) is 14.4. The molecule has 2 aromatic rings. The van der Waals surface area contributed by atoms with Crippen molar-refractivity contribution < 1.29 is 19.1 Å². The van der Waals surface area contributed by atoms with Gasteiger partial charge in [0.2, 0.25) is 0 Å². The quantitative estimate of drug-likeness (QED) is 0.760. The van der Waals surface area contributed by atoms with E-state index in [0.717, 1.165) is 4.70 Å². The molecule has 2 rings (SSSR count). The summed E-state index contributed by atoms with van der Waals surface area (Å²) in [6.45, 7) is 1.46. The van der Waals surface area contributed by atoms with Crippen LogP contribution in [0.15, 0.2) is 6.07 Å². The van der Waals surface area contributed by atoms with E-state index in [9.17, 15) is 9.59 Å². The van der Waals surface area contributed by atoms with Crippen LogP contribution in [0.2, 0.25) is 0 Å². The van der Waals surface area contributed by atoms with Crippen LogP contribution in [0, 0.1) is 0 Å². The van der Waals surface area contributed by atoms with Gasteiger partial charge >= 0.3 is 0 Å². The molecule has 20 heavy (non-hydrogen) atoms. The molecule has 0 saturated heterocycles. The van der Waals surface area contributed by atoms with Crippen LogP contribution in [0.25, 0.3) is 10.3 Å². The number of rotatable bonds is 6. The van der Waals surface area contributed by atoms with Gasteiger partial charge in [0.25, 0.3) is 5.88 Å². The smallest absolute Gasteiger partial charge is 0.258 e. The topological polar surface area (TPSA) is 78.4 Å². The molecule has 0 aliphatic rings. The van der Waals surface area contributed by atoms with E-state index in [1.165, 1.54) is 32.5 Å². The van der Waals surface area contributed by atoms with Gasteiger partial charge in [-0.05, 0) is 6.92 Å². The molecule has 2 aromatic heterocycles. The standard InChI is InChI=1S/C13H14N2O4S/c1-7(16)4-5-8(17)13-15-11-10(20-13)6-9(18-2)12(14-11)19-3/h6H,4-5H2,1-3H3. The number of hydrogen-bond acceptors (Lipinski definition) is 7. The average Bonchev–Trinajstić information content (AvgIpc) is 2.85. The Hall–Kier alpha value is -2.02. The van der Waals surface area contributed by atoms with Crippen molar-refractivity contribution in [2.45, 2.75) is 19.8 Å². The number of nitrogens with zero attached hydrogens (tertiary/aromatic N) is 2. The number of ketones is 2. The van der Waals surface area contributed by atoms with Crippen molar-refractivity contribution in [1.29, 1.82) is 0 Å². The number of fused-ring (bicyclic) bond motifs is 1. The number of Topliss-reactive ketones (excluding diaryl/α,β-unsaturated/α-hetero) is 2. The van der Waals surface area contributed by atoms with Crippen molar-refractivity contribution in [3.8, 4) is 11.6 Å².